The minimum Gasteiger partial charge on any atom is -0.497 e. The molecule has 1 fully saturated rings. The van der Waals surface area contributed by atoms with Crippen molar-refractivity contribution in [3.8, 4) is 45.5 Å². The number of aromatic nitrogens is 7. The molecule has 200 valence electrons. The molecule has 0 amide bonds. The van der Waals surface area contributed by atoms with Gasteiger partial charge in [0.25, 0.3) is 0 Å². The molecule has 10 nitrogen and oxygen atoms in total. The van der Waals surface area contributed by atoms with Crippen molar-refractivity contribution in [2.75, 3.05) is 33.4 Å². The topological polar surface area (TPSA) is 118 Å². The normalized spacial score (nSPS) is 13.8. The Bertz CT molecular complexity index is 1800. The van der Waals surface area contributed by atoms with Crippen molar-refractivity contribution in [3.05, 3.63) is 67.1 Å². The highest BCUT2D eigenvalue weighted by atomic mass is 16.5. The van der Waals surface area contributed by atoms with Gasteiger partial charge in [-0.3, -0.25) is 20.0 Å². The maximum Gasteiger partial charge on any atom is 0.161 e. The van der Waals surface area contributed by atoms with Crippen LogP contribution in [-0.2, 0) is 0 Å². The number of hydrogen-bond donors (Lipinski definition) is 2. The fourth-order valence-electron chi connectivity index (χ4n) is 5.19. The number of nitrogens with zero attached hydrogens (tertiary/aromatic N) is 6. The summed E-state index contributed by atoms with van der Waals surface area (Å²) in [7, 11) is 1.65. The number of rotatable bonds is 8. The molecule has 1 aliphatic rings. The zero-order valence-corrected chi connectivity index (χ0v) is 22.1. The largest absolute Gasteiger partial charge is 0.497 e. The van der Waals surface area contributed by atoms with Gasteiger partial charge in [-0.15, -0.1) is 0 Å². The fraction of sp³-hybridized carbons (Fsp3) is 0.233. The van der Waals surface area contributed by atoms with Gasteiger partial charge < -0.3 is 14.5 Å². The van der Waals surface area contributed by atoms with Gasteiger partial charge in [0.05, 0.1) is 35.7 Å². The van der Waals surface area contributed by atoms with Crippen LogP contribution in [0.3, 0.4) is 0 Å². The summed E-state index contributed by atoms with van der Waals surface area (Å²) in [5.41, 5.74) is 7.12. The van der Waals surface area contributed by atoms with Gasteiger partial charge >= 0.3 is 0 Å². The Morgan fingerprint density at radius 3 is 2.65 bits per heavy atom. The van der Waals surface area contributed by atoms with Gasteiger partial charge in [0.2, 0.25) is 0 Å². The SMILES string of the molecule is COc1cccc(-c2nccc3[nH]c(-c4n[nH]c5ccc(-c6cncc(OCCN7CCCC7)c6)nc45)nc23)c1. The molecule has 2 N–H and O–H groups in total. The van der Waals surface area contributed by atoms with Crippen LogP contribution in [0.1, 0.15) is 12.8 Å². The first kappa shape index (κ1) is 24.2. The average Bonchev–Trinajstić information content (AvgIpc) is 3.76. The molecule has 0 unspecified atom stereocenters. The summed E-state index contributed by atoms with van der Waals surface area (Å²) in [6.45, 7) is 3.88. The molecule has 0 atom stereocenters. The van der Waals surface area contributed by atoms with Gasteiger partial charge in [-0.05, 0) is 62.3 Å². The molecule has 5 aromatic heterocycles. The summed E-state index contributed by atoms with van der Waals surface area (Å²) < 4.78 is 11.4. The van der Waals surface area contributed by atoms with Crippen molar-refractivity contribution >= 4 is 22.1 Å². The number of benzene rings is 1. The molecular weight excluding hydrogens is 504 g/mol. The van der Waals surface area contributed by atoms with Crippen LogP contribution in [0, 0.1) is 0 Å². The van der Waals surface area contributed by atoms with Crippen molar-refractivity contribution in [3.63, 3.8) is 0 Å². The molecule has 0 aliphatic carbocycles. The Morgan fingerprint density at radius 2 is 1.75 bits per heavy atom. The third kappa shape index (κ3) is 4.62. The summed E-state index contributed by atoms with van der Waals surface area (Å²) in [5.74, 6) is 2.11. The molecule has 1 aromatic carbocycles. The van der Waals surface area contributed by atoms with Gasteiger partial charge in [0.1, 0.15) is 29.1 Å². The number of pyridine rings is 3. The lowest BCUT2D eigenvalue weighted by Gasteiger charge is -2.15. The van der Waals surface area contributed by atoms with Gasteiger partial charge in [-0.25, -0.2) is 9.97 Å². The predicted molar refractivity (Wildman–Crippen MR) is 153 cm³/mol. The second kappa shape index (κ2) is 10.4. The van der Waals surface area contributed by atoms with E-state index in [2.05, 4.69) is 30.0 Å². The van der Waals surface area contributed by atoms with Crippen LogP contribution >= 0.6 is 0 Å². The Kier molecular flexibility index (Phi) is 6.29. The number of likely N-dealkylation sites (tertiary alicyclic amines) is 1. The van der Waals surface area contributed by atoms with E-state index < -0.39 is 0 Å². The molecule has 1 saturated heterocycles. The van der Waals surface area contributed by atoms with Crippen molar-refractivity contribution < 1.29 is 9.47 Å². The molecule has 10 heteroatoms. The van der Waals surface area contributed by atoms with Crippen LogP contribution in [0.25, 0.3) is 56.1 Å². The van der Waals surface area contributed by atoms with Gasteiger partial charge in [0.15, 0.2) is 11.5 Å². The maximum atomic E-state index is 6.01. The van der Waals surface area contributed by atoms with Crippen LogP contribution < -0.4 is 9.47 Å². The van der Waals surface area contributed by atoms with Crippen LogP contribution in [-0.4, -0.2) is 73.4 Å². The van der Waals surface area contributed by atoms with Crippen molar-refractivity contribution in [1.82, 2.24) is 40.0 Å². The Balaban J connectivity index is 1.20. The van der Waals surface area contributed by atoms with Crippen LogP contribution in [0.5, 0.6) is 11.5 Å². The zero-order chi connectivity index (χ0) is 26.9. The average molecular weight is 533 g/mol. The highest BCUT2D eigenvalue weighted by Crippen LogP contribution is 2.32. The molecule has 6 heterocycles. The quantitative estimate of drug-likeness (QED) is 0.278. The van der Waals surface area contributed by atoms with Gasteiger partial charge in [0, 0.05) is 30.1 Å². The van der Waals surface area contributed by atoms with E-state index in [0.717, 1.165) is 70.2 Å². The summed E-state index contributed by atoms with van der Waals surface area (Å²) in [6.07, 6.45) is 7.86. The highest BCUT2D eigenvalue weighted by Gasteiger charge is 2.18. The zero-order valence-electron chi connectivity index (χ0n) is 22.1. The van der Waals surface area contributed by atoms with E-state index in [1.165, 1.54) is 12.8 Å². The number of ether oxygens (including phenoxy) is 2. The Hall–Kier alpha value is -4.83. The second-order valence-electron chi connectivity index (χ2n) is 9.84. The summed E-state index contributed by atoms with van der Waals surface area (Å²) in [5, 5.41) is 7.64. The molecule has 0 spiro atoms. The lowest BCUT2D eigenvalue weighted by Crippen LogP contribution is -2.25. The fourth-order valence-corrected chi connectivity index (χ4v) is 5.19. The molecule has 1 aliphatic heterocycles. The number of aromatic amines is 2. The Morgan fingerprint density at radius 1 is 0.875 bits per heavy atom. The minimum absolute atomic E-state index is 0.611. The van der Waals surface area contributed by atoms with Crippen molar-refractivity contribution in [2.45, 2.75) is 12.8 Å². The smallest absolute Gasteiger partial charge is 0.161 e. The van der Waals surface area contributed by atoms with Gasteiger partial charge in [-0.2, -0.15) is 5.10 Å². The first-order valence-corrected chi connectivity index (χ1v) is 13.4. The minimum atomic E-state index is 0.611. The first-order valence-electron chi connectivity index (χ1n) is 13.4. The maximum absolute atomic E-state index is 6.01. The number of hydrogen-bond acceptors (Lipinski definition) is 8. The highest BCUT2D eigenvalue weighted by molar-refractivity contribution is 5.95. The summed E-state index contributed by atoms with van der Waals surface area (Å²) >= 11 is 0. The van der Waals surface area contributed by atoms with E-state index in [1.54, 1.807) is 25.7 Å². The molecule has 0 saturated carbocycles. The van der Waals surface area contributed by atoms with E-state index in [4.69, 9.17) is 19.4 Å². The first-order chi connectivity index (χ1) is 19.7. The predicted octanol–water partition coefficient (Wildman–Crippen LogP) is 5.11. The number of H-pyrrole nitrogens is 2. The monoisotopic (exact) mass is 532 g/mol. The lowest BCUT2D eigenvalue weighted by atomic mass is 10.1. The standard InChI is InChI=1S/C30H28N8O2/c1-39-21-6-4-5-19(15-21)26-27-24(9-10-32-26)34-30(35-27)29-28-25(36-37-29)8-7-23(33-28)20-16-22(18-31-17-20)40-14-13-38-11-2-3-12-38/h4-10,15-18H,2-3,11-14H2,1H3,(H,34,35)(H,36,37). The lowest BCUT2D eigenvalue weighted by molar-refractivity contribution is 0.237. The van der Waals surface area contributed by atoms with Gasteiger partial charge in [-0.1, -0.05) is 12.1 Å². The van der Waals surface area contributed by atoms with Crippen molar-refractivity contribution in [1.29, 1.82) is 0 Å². The molecule has 0 radical (unpaired) electrons. The number of nitrogens with one attached hydrogen (secondary N) is 2. The van der Waals surface area contributed by atoms with E-state index in [0.29, 0.717) is 23.6 Å². The third-order valence-corrected chi connectivity index (χ3v) is 7.26. The van der Waals surface area contributed by atoms with E-state index >= 15 is 0 Å². The molecule has 6 aromatic rings. The molecule has 7 rings (SSSR count). The van der Waals surface area contributed by atoms with E-state index in [-0.39, 0.29) is 0 Å². The van der Waals surface area contributed by atoms with Crippen LogP contribution in [0.4, 0.5) is 0 Å². The number of fused-ring (bicyclic) bond motifs is 2. The summed E-state index contributed by atoms with van der Waals surface area (Å²) in [6, 6.07) is 15.6. The third-order valence-electron chi connectivity index (χ3n) is 7.26. The summed E-state index contributed by atoms with van der Waals surface area (Å²) in [4.78, 5) is 24.7. The molecule has 40 heavy (non-hydrogen) atoms. The molecular formula is C30H28N8O2. The van der Waals surface area contributed by atoms with Crippen molar-refractivity contribution in [2.24, 2.45) is 0 Å². The van der Waals surface area contributed by atoms with Crippen LogP contribution in [0.15, 0.2) is 67.1 Å². The molecule has 0 bridgehead atoms. The van der Waals surface area contributed by atoms with Crippen LogP contribution in [0.2, 0.25) is 0 Å². The number of imidazole rings is 1. The Labute approximate surface area is 230 Å². The second-order valence-corrected chi connectivity index (χ2v) is 9.84. The number of methoxy groups -OCH3 is 1. The van der Waals surface area contributed by atoms with E-state index in [9.17, 15) is 0 Å². The van der Waals surface area contributed by atoms with E-state index in [1.807, 2.05) is 48.5 Å².